The zero-order chi connectivity index (χ0) is 22.6. The van der Waals surface area contributed by atoms with Crippen molar-refractivity contribution < 1.29 is 9.72 Å². The predicted molar refractivity (Wildman–Crippen MR) is 120 cm³/mol. The Balaban J connectivity index is 1.67. The van der Waals surface area contributed by atoms with Gasteiger partial charge in [-0.2, -0.15) is 4.98 Å². The van der Waals surface area contributed by atoms with Crippen LogP contribution < -0.4 is 5.32 Å². The largest absolute Gasteiger partial charge is 0.328 e. The van der Waals surface area contributed by atoms with Gasteiger partial charge in [-0.05, 0) is 42.5 Å². The Hall–Kier alpha value is -3.81. The molecule has 8 heteroatoms. The smallest absolute Gasteiger partial charge is 0.269 e. The molecule has 8 nitrogen and oxygen atoms in total. The van der Waals surface area contributed by atoms with E-state index in [9.17, 15) is 14.9 Å². The van der Waals surface area contributed by atoms with Gasteiger partial charge in [0.05, 0.1) is 4.92 Å². The number of nitro groups is 1. The van der Waals surface area contributed by atoms with Crippen molar-refractivity contribution in [3.8, 4) is 11.4 Å². The number of hydrogen-bond acceptors (Lipinski definition) is 6. The van der Waals surface area contributed by atoms with Crippen LogP contribution in [0.5, 0.6) is 0 Å². The minimum absolute atomic E-state index is 0.00672. The molecule has 0 radical (unpaired) electrons. The number of carbonyl (C=O) groups excluding carboxylic acids is 1. The van der Waals surface area contributed by atoms with Gasteiger partial charge in [-0.1, -0.05) is 37.6 Å². The Morgan fingerprint density at radius 3 is 2.59 bits per heavy atom. The lowest BCUT2D eigenvalue weighted by atomic mass is 9.73. The first-order chi connectivity index (χ1) is 15.2. The number of ketones is 1. The zero-order valence-corrected chi connectivity index (χ0v) is 18.1. The zero-order valence-electron chi connectivity index (χ0n) is 18.1. The topological polar surface area (TPSA) is 103 Å². The van der Waals surface area contributed by atoms with Crippen LogP contribution in [0.2, 0.25) is 0 Å². The van der Waals surface area contributed by atoms with E-state index in [1.807, 2.05) is 31.2 Å². The molecule has 0 spiro atoms. The van der Waals surface area contributed by atoms with Crippen molar-refractivity contribution in [1.82, 2.24) is 14.8 Å². The van der Waals surface area contributed by atoms with Crippen LogP contribution in [0.3, 0.4) is 0 Å². The molecular weight excluding hydrogens is 406 g/mol. The summed E-state index contributed by atoms with van der Waals surface area (Å²) in [5, 5.41) is 19.3. The summed E-state index contributed by atoms with van der Waals surface area (Å²) in [5.74, 6) is 1.19. The Labute approximate surface area is 185 Å². The number of rotatable bonds is 3. The van der Waals surface area contributed by atoms with Gasteiger partial charge in [-0.15, -0.1) is 5.10 Å². The lowest BCUT2D eigenvalue weighted by Crippen LogP contribution is -2.36. The number of aryl methyl sites for hydroxylation is 1. The predicted octanol–water partition coefficient (Wildman–Crippen LogP) is 4.82. The monoisotopic (exact) mass is 429 g/mol. The van der Waals surface area contributed by atoms with E-state index in [0.29, 0.717) is 30.2 Å². The van der Waals surface area contributed by atoms with Crippen LogP contribution >= 0.6 is 0 Å². The molecule has 5 rings (SSSR count). The van der Waals surface area contributed by atoms with Crippen molar-refractivity contribution in [2.24, 2.45) is 5.41 Å². The second kappa shape index (κ2) is 7.12. The lowest BCUT2D eigenvalue weighted by Gasteiger charge is -2.38. The molecule has 0 bridgehead atoms. The number of aromatic nitrogens is 3. The summed E-state index contributed by atoms with van der Waals surface area (Å²) in [4.78, 5) is 28.7. The number of anilines is 1. The molecule has 2 heterocycles. The average Bonchev–Trinajstić information content (AvgIpc) is 3.15. The second-order valence-corrected chi connectivity index (χ2v) is 9.28. The van der Waals surface area contributed by atoms with Gasteiger partial charge in [0.1, 0.15) is 6.04 Å². The van der Waals surface area contributed by atoms with Crippen LogP contribution in [-0.2, 0) is 4.79 Å². The molecule has 1 aliphatic carbocycles. The van der Waals surface area contributed by atoms with Crippen LogP contribution in [0.15, 0.2) is 59.8 Å². The highest BCUT2D eigenvalue weighted by Gasteiger charge is 2.42. The van der Waals surface area contributed by atoms with Gasteiger partial charge < -0.3 is 5.32 Å². The number of hydrogen-bond donors (Lipinski definition) is 1. The van der Waals surface area contributed by atoms with Crippen LogP contribution in [0.1, 0.15) is 43.9 Å². The van der Waals surface area contributed by atoms with Gasteiger partial charge in [-0.3, -0.25) is 14.9 Å². The molecule has 2 aliphatic rings. The van der Waals surface area contributed by atoms with E-state index in [-0.39, 0.29) is 16.9 Å². The standard InChI is InChI=1S/C24H23N5O3/c1-14-5-4-6-16(11-14)22-26-23-25-18-12-24(2,3)13-19(30)20(18)21(28(23)27-22)15-7-9-17(10-8-15)29(31)32/h4-11,21H,12-13H2,1-3H3,(H,25,26,27). The first-order valence-electron chi connectivity index (χ1n) is 10.5. The van der Waals surface area contributed by atoms with Gasteiger partial charge in [0, 0.05) is 35.4 Å². The SMILES string of the molecule is Cc1cccc(-c2nc3n(n2)C(c2ccc([N+](=O)[O-])cc2)C2=C(CC(C)(C)CC2=O)N3)c1. The van der Waals surface area contributed by atoms with Crippen LogP contribution in [-0.4, -0.2) is 25.5 Å². The Bertz CT molecular complexity index is 1290. The highest BCUT2D eigenvalue weighted by Crippen LogP contribution is 2.45. The molecule has 1 N–H and O–H groups in total. The Kier molecular flexibility index (Phi) is 4.47. The van der Waals surface area contributed by atoms with Crippen molar-refractivity contribution >= 4 is 17.4 Å². The molecule has 0 saturated heterocycles. The van der Waals surface area contributed by atoms with Crippen molar-refractivity contribution in [3.05, 3.63) is 81.0 Å². The van der Waals surface area contributed by atoms with E-state index in [4.69, 9.17) is 10.1 Å². The molecule has 162 valence electrons. The number of benzene rings is 2. The molecular formula is C24H23N5O3. The van der Waals surface area contributed by atoms with Crippen LogP contribution in [0, 0.1) is 22.5 Å². The molecule has 0 amide bonds. The summed E-state index contributed by atoms with van der Waals surface area (Å²) in [6.45, 7) is 6.17. The summed E-state index contributed by atoms with van der Waals surface area (Å²) in [6.07, 6.45) is 1.15. The van der Waals surface area contributed by atoms with E-state index in [1.54, 1.807) is 16.8 Å². The van der Waals surface area contributed by atoms with Gasteiger partial charge >= 0.3 is 0 Å². The molecule has 1 unspecified atom stereocenters. The summed E-state index contributed by atoms with van der Waals surface area (Å²) in [6, 6.07) is 13.8. The number of non-ortho nitro benzene ring substituents is 1. The number of nitrogens with one attached hydrogen (secondary N) is 1. The van der Waals surface area contributed by atoms with Gasteiger partial charge in [0.25, 0.3) is 5.69 Å². The first-order valence-corrected chi connectivity index (χ1v) is 10.5. The van der Waals surface area contributed by atoms with Gasteiger partial charge in [-0.25, -0.2) is 4.68 Å². The summed E-state index contributed by atoms with van der Waals surface area (Å²) in [5.41, 5.74) is 4.11. The van der Waals surface area contributed by atoms with E-state index in [1.165, 1.54) is 12.1 Å². The number of fused-ring (bicyclic) bond motifs is 1. The fourth-order valence-corrected chi connectivity index (χ4v) is 4.60. The highest BCUT2D eigenvalue weighted by molar-refractivity contribution is 6.00. The van der Waals surface area contributed by atoms with Gasteiger partial charge in [0.15, 0.2) is 11.6 Å². The minimum atomic E-state index is -0.489. The molecule has 32 heavy (non-hydrogen) atoms. The average molecular weight is 429 g/mol. The maximum atomic E-state index is 13.3. The van der Waals surface area contributed by atoms with Crippen molar-refractivity contribution in [1.29, 1.82) is 0 Å². The molecule has 1 atom stereocenters. The highest BCUT2D eigenvalue weighted by atomic mass is 16.6. The quantitative estimate of drug-likeness (QED) is 0.473. The third-order valence-electron chi connectivity index (χ3n) is 6.03. The second-order valence-electron chi connectivity index (χ2n) is 9.28. The molecule has 2 aromatic carbocycles. The van der Waals surface area contributed by atoms with E-state index in [2.05, 4.69) is 19.2 Å². The summed E-state index contributed by atoms with van der Waals surface area (Å²) >= 11 is 0. The normalized spacial score (nSPS) is 19.2. The summed E-state index contributed by atoms with van der Waals surface area (Å²) < 4.78 is 1.73. The number of carbonyl (C=O) groups is 1. The van der Waals surface area contributed by atoms with Crippen LogP contribution in [0.25, 0.3) is 11.4 Å². The number of allylic oxidation sites excluding steroid dienone is 2. The van der Waals surface area contributed by atoms with E-state index < -0.39 is 11.0 Å². The fourth-order valence-electron chi connectivity index (χ4n) is 4.60. The lowest BCUT2D eigenvalue weighted by molar-refractivity contribution is -0.384. The summed E-state index contributed by atoms with van der Waals surface area (Å²) in [7, 11) is 0. The molecule has 0 saturated carbocycles. The van der Waals surface area contributed by atoms with E-state index in [0.717, 1.165) is 22.4 Å². The molecule has 1 aromatic heterocycles. The Morgan fingerprint density at radius 1 is 1.16 bits per heavy atom. The van der Waals surface area contributed by atoms with Crippen LogP contribution in [0.4, 0.5) is 11.6 Å². The first kappa shape index (κ1) is 20.1. The van der Waals surface area contributed by atoms with Crippen molar-refractivity contribution in [3.63, 3.8) is 0 Å². The minimum Gasteiger partial charge on any atom is -0.328 e. The third kappa shape index (κ3) is 3.37. The van der Waals surface area contributed by atoms with Crippen molar-refractivity contribution in [2.75, 3.05) is 5.32 Å². The number of nitrogens with zero attached hydrogens (tertiary/aromatic N) is 4. The number of nitro benzene ring substituents is 1. The molecule has 1 aliphatic heterocycles. The molecule has 0 fully saturated rings. The van der Waals surface area contributed by atoms with Crippen molar-refractivity contribution in [2.45, 2.75) is 39.7 Å². The van der Waals surface area contributed by atoms with Gasteiger partial charge in [0.2, 0.25) is 5.95 Å². The van der Waals surface area contributed by atoms with E-state index >= 15 is 0 Å². The Morgan fingerprint density at radius 2 is 1.91 bits per heavy atom. The third-order valence-corrected chi connectivity index (χ3v) is 6.03. The molecule has 3 aromatic rings. The fraction of sp³-hybridized carbons (Fsp3) is 0.292. The number of Topliss-reactive ketones (excluding diaryl/α,β-unsaturated/α-hetero) is 1. The maximum absolute atomic E-state index is 13.3. The maximum Gasteiger partial charge on any atom is 0.269 e.